The van der Waals surface area contributed by atoms with Crippen molar-refractivity contribution in [3.05, 3.63) is 83.2 Å². The molecule has 0 radical (unpaired) electrons. The molecule has 2 aromatic rings. The summed E-state index contributed by atoms with van der Waals surface area (Å²) in [5.74, 6) is -6.14. The highest BCUT2D eigenvalue weighted by Crippen LogP contribution is 2.42. The first-order valence-electron chi connectivity index (χ1n) is 14.9. The SMILES string of the molecule is CCC=CC1CCC(c2ccc(CCC3CCC(C(F)(F)Oc4cc(F)c(OC(F)=C(F)F)c(F)c4)CC3)c(F)c2)CC1. The number of allylic oxidation sites excluding steroid dienone is 2. The Morgan fingerprint density at radius 1 is 0.860 bits per heavy atom. The molecule has 2 aromatic carbocycles. The number of alkyl halides is 2. The monoisotopic (exact) mass is 616 g/mol. The van der Waals surface area contributed by atoms with E-state index >= 15 is 0 Å². The molecule has 43 heavy (non-hydrogen) atoms. The first-order valence-corrected chi connectivity index (χ1v) is 14.9. The lowest BCUT2D eigenvalue weighted by Crippen LogP contribution is -2.37. The highest BCUT2D eigenvalue weighted by molar-refractivity contribution is 5.36. The van der Waals surface area contributed by atoms with Crippen LogP contribution in [-0.4, -0.2) is 6.11 Å². The van der Waals surface area contributed by atoms with Crippen LogP contribution in [0.3, 0.4) is 0 Å². The van der Waals surface area contributed by atoms with Crippen LogP contribution in [0.5, 0.6) is 11.5 Å². The van der Waals surface area contributed by atoms with Crippen molar-refractivity contribution < 1.29 is 44.6 Å². The van der Waals surface area contributed by atoms with Gasteiger partial charge in [0.2, 0.25) is 5.75 Å². The molecule has 2 saturated carbocycles. The van der Waals surface area contributed by atoms with E-state index < -0.39 is 47.3 Å². The van der Waals surface area contributed by atoms with Gasteiger partial charge < -0.3 is 9.47 Å². The van der Waals surface area contributed by atoms with E-state index in [4.69, 9.17) is 0 Å². The molecule has 0 aromatic heterocycles. The molecule has 2 nitrogen and oxygen atoms in total. The van der Waals surface area contributed by atoms with E-state index in [2.05, 4.69) is 28.5 Å². The number of benzene rings is 2. The summed E-state index contributed by atoms with van der Waals surface area (Å²) in [5, 5.41) is 0. The third-order valence-corrected chi connectivity index (χ3v) is 8.67. The molecule has 236 valence electrons. The van der Waals surface area contributed by atoms with Gasteiger partial charge in [-0.25, -0.2) is 13.2 Å². The summed E-state index contributed by atoms with van der Waals surface area (Å²) in [6.45, 7) is 2.12. The molecule has 0 atom stereocenters. The standard InChI is InChI=1S/C33H36F8O2/c1-2-3-4-20-5-10-22(11-6-20)24-14-13-23(27(34)17-24)12-7-21-8-15-25(16-9-21)33(40,41)43-26-18-28(35)30(29(36)19-26)42-32(39)31(37)38/h3-4,13-14,17-22,25H,2,5-12,15-16H2,1H3. The Labute approximate surface area is 246 Å². The van der Waals surface area contributed by atoms with Crippen LogP contribution in [0.1, 0.15) is 88.2 Å². The summed E-state index contributed by atoms with van der Waals surface area (Å²) in [7, 11) is 0. The van der Waals surface area contributed by atoms with Crippen LogP contribution >= 0.6 is 0 Å². The van der Waals surface area contributed by atoms with Gasteiger partial charge in [0, 0.05) is 12.1 Å². The van der Waals surface area contributed by atoms with E-state index in [1.165, 1.54) is 0 Å². The van der Waals surface area contributed by atoms with Gasteiger partial charge in [0.05, 0.1) is 5.92 Å². The molecule has 10 heteroatoms. The average molecular weight is 617 g/mol. The fourth-order valence-corrected chi connectivity index (χ4v) is 6.20. The normalized spacial score (nSPS) is 22.9. The number of halogens is 8. The Morgan fingerprint density at radius 3 is 2.09 bits per heavy atom. The molecule has 0 N–H and O–H groups in total. The van der Waals surface area contributed by atoms with Crippen molar-refractivity contribution in [2.75, 3.05) is 0 Å². The van der Waals surface area contributed by atoms with Crippen molar-refractivity contribution >= 4 is 0 Å². The number of rotatable bonds is 11. The topological polar surface area (TPSA) is 18.5 Å². The average Bonchev–Trinajstić information content (AvgIpc) is 2.97. The lowest BCUT2D eigenvalue weighted by atomic mass is 9.77. The summed E-state index contributed by atoms with van der Waals surface area (Å²) in [4.78, 5) is 0. The zero-order valence-corrected chi connectivity index (χ0v) is 24.0. The van der Waals surface area contributed by atoms with Crippen molar-refractivity contribution in [1.82, 2.24) is 0 Å². The summed E-state index contributed by atoms with van der Waals surface area (Å²) >= 11 is 0. The molecule has 2 fully saturated rings. The zero-order chi connectivity index (χ0) is 31.1. The Morgan fingerprint density at radius 2 is 1.51 bits per heavy atom. The molecule has 0 unspecified atom stereocenters. The second kappa shape index (κ2) is 14.6. The molecule has 0 aliphatic heterocycles. The van der Waals surface area contributed by atoms with Crippen LogP contribution in [0.2, 0.25) is 0 Å². The largest absolute Gasteiger partial charge is 0.432 e. The maximum absolute atomic E-state index is 15.0. The lowest BCUT2D eigenvalue weighted by Gasteiger charge is -2.33. The van der Waals surface area contributed by atoms with Crippen molar-refractivity contribution in [2.24, 2.45) is 17.8 Å². The van der Waals surface area contributed by atoms with Gasteiger partial charge in [-0.15, -0.1) is 0 Å². The smallest absolute Gasteiger partial charge is 0.400 e. The lowest BCUT2D eigenvalue weighted by molar-refractivity contribution is -0.223. The van der Waals surface area contributed by atoms with E-state index in [0.717, 1.165) is 37.7 Å². The van der Waals surface area contributed by atoms with Crippen LogP contribution in [0.4, 0.5) is 35.1 Å². The fourth-order valence-electron chi connectivity index (χ4n) is 6.20. The minimum absolute atomic E-state index is 0.0904. The van der Waals surface area contributed by atoms with Gasteiger partial charge in [-0.2, -0.15) is 22.0 Å². The molecule has 0 heterocycles. The Bertz CT molecular complexity index is 1260. The number of hydrogen-bond acceptors (Lipinski definition) is 2. The van der Waals surface area contributed by atoms with Crippen LogP contribution < -0.4 is 9.47 Å². The van der Waals surface area contributed by atoms with Gasteiger partial charge >= 0.3 is 18.2 Å². The van der Waals surface area contributed by atoms with Gasteiger partial charge in [-0.1, -0.05) is 31.2 Å². The number of aryl methyl sites for hydroxylation is 1. The molecule has 2 aliphatic carbocycles. The van der Waals surface area contributed by atoms with Crippen molar-refractivity contribution in [3.63, 3.8) is 0 Å². The van der Waals surface area contributed by atoms with E-state index in [1.54, 1.807) is 6.07 Å². The molecule has 0 spiro atoms. The molecule has 4 rings (SSSR count). The second-order valence-corrected chi connectivity index (χ2v) is 11.6. The third kappa shape index (κ3) is 8.76. The summed E-state index contributed by atoms with van der Waals surface area (Å²) < 4.78 is 118. The van der Waals surface area contributed by atoms with Crippen molar-refractivity contribution in [1.29, 1.82) is 0 Å². The fraction of sp³-hybridized carbons (Fsp3) is 0.515. The maximum atomic E-state index is 15.0. The van der Waals surface area contributed by atoms with Crippen LogP contribution in [-0.2, 0) is 6.42 Å². The molecule has 0 amide bonds. The Kier molecular flexibility index (Phi) is 11.2. The minimum atomic E-state index is -3.77. The highest BCUT2D eigenvalue weighted by atomic mass is 19.3. The molecule has 0 bridgehead atoms. The van der Waals surface area contributed by atoms with Crippen molar-refractivity contribution in [2.45, 2.75) is 89.6 Å². The van der Waals surface area contributed by atoms with Crippen LogP contribution in [0, 0.1) is 35.2 Å². The first kappa shape index (κ1) is 32.9. The second-order valence-electron chi connectivity index (χ2n) is 11.6. The summed E-state index contributed by atoms with van der Waals surface area (Å²) in [6.07, 6.45) is 5.35. The van der Waals surface area contributed by atoms with E-state index in [0.29, 0.717) is 55.2 Å². The van der Waals surface area contributed by atoms with Crippen molar-refractivity contribution in [3.8, 4) is 11.5 Å². The maximum Gasteiger partial charge on any atom is 0.400 e. The molecular formula is C33H36F8O2. The van der Waals surface area contributed by atoms with E-state index in [9.17, 15) is 35.1 Å². The minimum Gasteiger partial charge on any atom is -0.432 e. The van der Waals surface area contributed by atoms with Crippen LogP contribution in [0.15, 0.2) is 54.6 Å². The predicted molar refractivity (Wildman–Crippen MR) is 147 cm³/mol. The van der Waals surface area contributed by atoms with Gasteiger partial charge in [0.1, 0.15) is 11.6 Å². The molecule has 2 aliphatic rings. The van der Waals surface area contributed by atoms with Gasteiger partial charge in [0.15, 0.2) is 11.6 Å². The van der Waals surface area contributed by atoms with E-state index in [-0.39, 0.29) is 24.6 Å². The summed E-state index contributed by atoms with van der Waals surface area (Å²) in [5.41, 5.74) is 1.64. The zero-order valence-electron chi connectivity index (χ0n) is 24.0. The Hall–Kier alpha value is -3.04. The highest BCUT2D eigenvalue weighted by Gasteiger charge is 2.44. The van der Waals surface area contributed by atoms with E-state index in [1.807, 2.05) is 12.1 Å². The molecule has 0 saturated heterocycles. The molecular weight excluding hydrogens is 580 g/mol. The van der Waals surface area contributed by atoms with Gasteiger partial charge in [-0.3, -0.25) is 0 Å². The first-order chi connectivity index (χ1) is 20.5. The number of hydrogen-bond donors (Lipinski definition) is 0. The van der Waals surface area contributed by atoms with Gasteiger partial charge in [-0.05, 0) is 106 Å². The third-order valence-electron chi connectivity index (χ3n) is 8.67. The summed E-state index contributed by atoms with van der Waals surface area (Å²) in [6, 6.07) is 3.62. The predicted octanol–water partition coefficient (Wildman–Crippen LogP) is 11.2. The van der Waals surface area contributed by atoms with Crippen LogP contribution in [0.25, 0.3) is 0 Å². The van der Waals surface area contributed by atoms with Gasteiger partial charge in [0.25, 0.3) is 0 Å². The number of ether oxygens (including phenoxy) is 2. The quantitative estimate of drug-likeness (QED) is 0.142. The Balaban J connectivity index is 1.26.